The maximum Gasteiger partial charge on any atom is 0.347 e. The summed E-state index contributed by atoms with van der Waals surface area (Å²) in [7, 11) is 0. The van der Waals surface area contributed by atoms with Crippen LogP contribution in [0.15, 0.2) is 41.4 Å². The minimum absolute atomic E-state index is 0.261. The van der Waals surface area contributed by atoms with Gasteiger partial charge in [-0.05, 0) is 17.5 Å². The summed E-state index contributed by atoms with van der Waals surface area (Å²) < 4.78 is 0. The van der Waals surface area contributed by atoms with Crippen molar-refractivity contribution in [3.8, 4) is 0 Å². The van der Waals surface area contributed by atoms with E-state index in [1.807, 2.05) is 18.2 Å². The van der Waals surface area contributed by atoms with Crippen molar-refractivity contribution in [3.63, 3.8) is 0 Å². The molecule has 0 fully saturated rings. The first-order valence-electron chi connectivity index (χ1n) is 6.41. The second-order valence-corrected chi connectivity index (χ2v) is 4.87. The molecule has 2 aliphatic rings. The highest BCUT2D eigenvalue weighted by Crippen LogP contribution is 2.38. The molecule has 2 aromatic carbocycles. The molecular formula is C15H9N3O3. The summed E-state index contributed by atoms with van der Waals surface area (Å²) in [6.07, 6.45) is 1.21. The number of hydrogen-bond donors (Lipinski definition) is 1. The summed E-state index contributed by atoms with van der Waals surface area (Å²) in [6, 6.07) is 9.37. The fraction of sp³-hybridized carbons (Fsp3) is 0.0667. The molecule has 2 aliphatic heterocycles. The van der Waals surface area contributed by atoms with E-state index in [4.69, 9.17) is 0 Å². The first-order chi connectivity index (χ1) is 10.2. The third kappa shape index (κ3) is 1.53. The lowest BCUT2D eigenvalue weighted by Crippen LogP contribution is -2.53. The standard InChI is InChI=1S/C15H9N3O3/c19-13-11(7-16-15(21)17-13)18-10-6-2-4-8-3-1-5-9(12(8)10)14(18)20/h1-7,11H,(H,17,19,21). The maximum absolute atomic E-state index is 12.6. The third-order valence-corrected chi connectivity index (χ3v) is 3.70. The van der Waals surface area contributed by atoms with E-state index in [-0.39, 0.29) is 5.91 Å². The molecule has 0 saturated heterocycles. The molecule has 4 amide bonds. The van der Waals surface area contributed by atoms with Gasteiger partial charge in [0.15, 0.2) is 6.04 Å². The van der Waals surface area contributed by atoms with Crippen LogP contribution in [0.1, 0.15) is 10.4 Å². The fourth-order valence-corrected chi connectivity index (χ4v) is 2.82. The average molecular weight is 279 g/mol. The van der Waals surface area contributed by atoms with Gasteiger partial charge >= 0.3 is 6.03 Å². The normalized spacial score (nSPS) is 20.3. The molecule has 6 heteroatoms. The van der Waals surface area contributed by atoms with Crippen LogP contribution in [0.3, 0.4) is 0 Å². The number of carbonyl (C=O) groups excluding carboxylic acids is 3. The third-order valence-electron chi connectivity index (χ3n) is 3.70. The van der Waals surface area contributed by atoms with Crippen LogP contribution in [0.25, 0.3) is 10.8 Å². The fourth-order valence-electron chi connectivity index (χ4n) is 2.82. The van der Waals surface area contributed by atoms with Crippen LogP contribution < -0.4 is 10.2 Å². The highest BCUT2D eigenvalue weighted by molar-refractivity contribution is 6.29. The van der Waals surface area contributed by atoms with E-state index >= 15 is 0 Å². The van der Waals surface area contributed by atoms with Crippen LogP contribution in [0, 0.1) is 0 Å². The summed E-state index contributed by atoms with van der Waals surface area (Å²) in [5.41, 5.74) is 1.22. The predicted octanol–water partition coefficient (Wildman–Crippen LogP) is 1.49. The second-order valence-electron chi connectivity index (χ2n) is 4.87. The first kappa shape index (κ1) is 11.8. The van der Waals surface area contributed by atoms with Crippen molar-refractivity contribution in [2.75, 3.05) is 4.90 Å². The molecular weight excluding hydrogens is 270 g/mol. The second kappa shape index (κ2) is 3.99. The molecule has 0 radical (unpaired) electrons. The quantitative estimate of drug-likeness (QED) is 0.859. The van der Waals surface area contributed by atoms with Gasteiger partial charge in [-0.25, -0.2) is 9.79 Å². The van der Waals surface area contributed by atoms with E-state index in [2.05, 4.69) is 10.3 Å². The van der Waals surface area contributed by atoms with Crippen molar-refractivity contribution in [2.45, 2.75) is 6.04 Å². The van der Waals surface area contributed by atoms with E-state index in [9.17, 15) is 14.4 Å². The topological polar surface area (TPSA) is 78.8 Å². The van der Waals surface area contributed by atoms with Gasteiger partial charge in [0.1, 0.15) is 0 Å². The van der Waals surface area contributed by atoms with E-state index in [1.165, 1.54) is 11.1 Å². The van der Waals surface area contributed by atoms with Gasteiger partial charge in [-0.15, -0.1) is 0 Å². The molecule has 0 aromatic heterocycles. The summed E-state index contributed by atoms with van der Waals surface area (Å²) >= 11 is 0. The molecule has 0 spiro atoms. The Balaban J connectivity index is 1.92. The van der Waals surface area contributed by atoms with Crippen molar-refractivity contribution in [1.82, 2.24) is 5.32 Å². The zero-order chi connectivity index (χ0) is 14.6. The SMILES string of the molecule is O=C1N=CC(N2C(=O)c3cccc4cccc2c34)C(=O)N1. The van der Waals surface area contributed by atoms with Gasteiger partial charge in [0.05, 0.1) is 5.69 Å². The number of carbonyl (C=O) groups is 3. The van der Waals surface area contributed by atoms with Crippen LogP contribution in [-0.4, -0.2) is 30.1 Å². The average Bonchev–Trinajstić information content (AvgIpc) is 2.75. The number of benzene rings is 2. The molecule has 2 aromatic rings. The number of aliphatic imine (C=N–C) groups is 1. The highest BCUT2D eigenvalue weighted by Gasteiger charge is 2.39. The summed E-state index contributed by atoms with van der Waals surface area (Å²) in [6.45, 7) is 0. The zero-order valence-electron chi connectivity index (χ0n) is 10.7. The largest absolute Gasteiger partial charge is 0.347 e. The Morgan fingerprint density at radius 1 is 1.05 bits per heavy atom. The van der Waals surface area contributed by atoms with Crippen molar-refractivity contribution < 1.29 is 14.4 Å². The molecule has 0 aliphatic carbocycles. The molecule has 4 rings (SSSR count). The van der Waals surface area contributed by atoms with Crippen molar-refractivity contribution in [3.05, 3.63) is 42.0 Å². The highest BCUT2D eigenvalue weighted by atomic mass is 16.2. The Morgan fingerprint density at radius 3 is 2.57 bits per heavy atom. The Morgan fingerprint density at radius 2 is 1.81 bits per heavy atom. The van der Waals surface area contributed by atoms with Gasteiger partial charge in [0.25, 0.3) is 11.8 Å². The Kier molecular flexibility index (Phi) is 2.24. The van der Waals surface area contributed by atoms with Gasteiger partial charge in [-0.3, -0.25) is 19.8 Å². The lowest BCUT2D eigenvalue weighted by Gasteiger charge is -2.26. The van der Waals surface area contributed by atoms with Crippen LogP contribution in [0.2, 0.25) is 0 Å². The van der Waals surface area contributed by atoms with Crippen LogP contribution in [0.5, 0.6) is 0 Å². The molecule has 0 bridgehead atoms. The van der Waals surface area contributed by atoms with Gasteiger partial charge in [-0.2, -0.15) is 0 Å². The van der Waals surface area contributed by atoms with E-state index in [0.29, 0.717) is 11.3 Å². The minimum Gasteiger partial charge on any atom is -0.290 e. The molecule has 1 unspecified atom stereocenters. The number of nitrogens with one attached hydrogen (secondary N) is 1. The summed E-state index contributed by atoms with van der Waals surface area (Å²) in [5.74, 6) is -0.809. The monoisotopic (exact) mass is 279 g/mol. The summed E-state index contributed by atoms with van der Waals surface area (Å²) in [5, 5.41) is 3.87. The number of urea groups is 1. The first-order valence-corrected chi connectivity index (χ1v) is 6.41. The predicted molar refractivity (Wildman–Crippen MR) is 76.6 cm³/mol. The minimum atomic E-state index is -0.909. The number of imide groups is 1. The van der Waals surface area contributed by atoms with Crippen LogP contribution in [-0.2, 0) is 4.79 Å². The number of amides is 4. The molecule has 0 saturated carbocycles. The molecule has 1 N–H and O–H groups in total. The van der Waals surface area contributed by atoms with E-state index < -0.39 is 18.0 Å². The lowest BCUT2D eigenvalue weighted by atomic mass is 10.1. The Labute approximate surface area is 119 Å². The zero-order valence-corrected chi connectivity index (χ0v) is 10.7. The summed E-state index contributed by atoms with van der Waals surface area (Å²) in [4.78, 5) is 40.6. The number of nitrogens with zero attached hydrogens (tertiary/aromatic N) is 2. The molecule has 1 atom stereocenters. The molecule has 102 valence electrons. The number of anilines is 1. The van der Waals surface area contributed by atoms with Crippen LogP contribution >= 0.6 is 0 Å². The van der Waals surface area contributed by atoms with Crippen LogP contribution in [0.4, 0.5) is 10.5 Å². The lowest BCUT2D eigenvalue weighted by molar-refractivity contribution is -0.119. The smallest absolute Gasteiger partial charge is 0.290 e. The number of hydrogen-bond acceptors (Lipinski definition) is 3. The van der Waals surface area contributed by atoms with E-state index in [0.717, 1.165) is 10.8 Å². The Bertz CT molecular complexity index is 851. The van der Waals surface area contributed by atoms with Gasteiger partial charge in [0, 0.05) is 17.2 Å². The van der Waals surface area contributed by atoms with Crippen molar-refractivity contribution >= 4 is 40.5 Å². The van der Waals surface area contributed by atoms with Gasteiger partial charge in [-0.1, -0.05) is 24.3 Å². The molecule has 6 nitrogen and oxygen atoms in total. The van der Waals surface area contributed by atoms with Gasteiger partial charge in [0.2, 0.25) is 0 Å². The molecule has 2 heterocycles. The van der Waals surface area contributed by atoms with Crippen molar-refractivity contribution in [1.29, 1.82) is 0 Å². The maximum atomic E-state index is 12.6. The number of rotatable bonds is 1. The molecule has 21 heavy (non-hydrogen) atoms. The Hall–Kier alpha value is -3.02. The van der Waals surface area contributed by atoms with Gasteiger partial charge < -0.3 is 0 Å². The van der Waals surface area contributed by atoms with Crippen molar-refractivity contribution in [2.24, 2.45) is 4.99 Å². The van der Waals surface area contributed by atoms with E-state index in [1.54, 1.807) is 18.2 Å².